The van der Waals surface area contributed by atoms with Gasteiger partial charge in [0.05, 0.1) is 17.5 Å². The zero-order chi connectivity index (χ0) is 24.9. The lowest BCUT2D eigenvalue weighted by molar-refractivity contribution is -0.119. The Morgan fingerprint density at radius 1 is 1.26 bits per heavy atom. The van der Waals surface area contributed by atoms with Crippen LogP contribution in [0.1, 0.15) is 34.1 Å². The molecule has 2 amide bonds. The fourth-order valence-electron chi connectivity index (χ4n) is 4.67. The fourth-order valence-corrected chi connectivity index (χ4v) is 6.55. The molecule has 182 valence electrons. The van der Waals surface area contributed by atoms with Crippen LogP contribution in [0.3, 0.4) is 0 Å². The average molecular weight is 517 g/mol. The monoisotopic (exact) mass is 516 g/mol. The van der Waals surface area contributed by atoms with Crippen molar-refractivity contribution in [1.29, 1.82) is 0 Å². The molecule has 1 saturated heterocycles. The molecule has 0 bridgehead atoms. The number of aromatic hydroxyl groups is 1. The highest BCUT2D eigenvalue weighted by Gasteiger charge is 2.48. The molecule has 35 heavy (non-hydrogen) atoms. The predicted molar refractivity (Wildman–Crippen MR) is 127 cm³/mol. The number of fused-ring (bicyclic) bond motifs is 1. The van der Waals surface area contributed by atoms with Crippen molar-refractivity contribution in [2.45, 2.75) is 18.5 Å². The molecule has 1 fully saturated rings. The number of nitrogens with zero attached hydrogens (tertiary/aromatic N) is 2. The summed E-state index contributed by atoms with van der Waals surface area (Å²) in [5, 5.41) is 18.0. The van der Waals surface area contributed by atoms with Crippen molar-refractivity contribution in [2.75, 3.05) is 18.1 Å². The SMILES string of the molecule is NC(=O)COc1ccc(C2c3c(-c4cc(Cl)ccc4O)n[nH]c3C(=O)N2C2CCS(=O)(=O)C2)cc1. The van der Waals surface area contributed by atoms with Gasteiger partial charge in [0.25, 0.3) is 11.8 Å². The highest BCUT2D eigenvalue weighted by molar-refractivity contribution is 7.91. The molecular formula is C23H21ClN4O6S. The lowest BCUT2D eigenvalue weighted by Gasteiger charge is -2.31. The summed E-state index contributed by atoms with van der Waals surface area (Å²) in [6.45, 7) is -0.280. The highest BCUT2D eigenvalue weighted by atomic mass is 35.5. The molecule has 2 aliphatic rings. The Labute approximate surface area is 205 Å². The second-order valence-corrected chi connectivity index (χ2v) is 11.2. The summed E-state index contributed by atoms with van der Waals surface area (Å²) in [6, 6.07) is 10.1. The molecule has 1 aromatic heterocycles. The van der Waals surface area contributed by atoms with Crippen LogP contribution < -0.4 is 10.5 Å². The summed E-state index contributed by atoms with van der Waals surface area (Å²) < 4.78 is 29.8. The third kappa shape index (κ3) is 4.21. The standard InChI is InChI=1S/C23H21ClN4O6S/c24-13-3-6-17(29)16(9-13)20-19-21(27-26-20)23(31)28(14-7-8-35(32,33)11-14)22(19)12-1-4-15(5-2-12)34-10-18(25)30/h1-6,9,14,22,29H,7-8,10-11H2,(H2,25,30)(H,26,27). The first-order chi connectivity index (χ1) is 16.6. The summed E-state index contributed by atoms with van der Waals surface area (Å²) >= 11 is 6.16. The number of nitrogens with two attached hydrogens (primary N) is 1. The summed E-state index contributed by atoms with van der Waals surface area (Å²) in [7, 11) is -3.27. The highest BCUT2D eigenvalue weighted by Crippen LogP contribution is 2.47. The van der Waals surface area contributed by atoms with E-state index in [4.69, 9.17) is 22.1 Å². The van der Waals surface area contributed by atoms with E-state index in [0.29, 0.717) is 39.6 Å². The molecule has 10 nitrogen and oxygen atoms in total. The molecular weight excluding hydrogens is 496 g/mol. The number of ether oxygens (including phenoxy) is 1. The number of primary amides is 1. The smallest absolute Gasteiger partial charge is 0.273 e. The first-order valence-corrected chi connectivity index (χ1v) is 13.0. The number of nitrogens with one attached hydrogen (secondary N) is 1. The van der Waals surface area contributed by atoms with Crippen LogP contribution >= 0.6 is 11.6 Å². The molecule has 3 heterocycles. The maximum Gasteiger partial charge on any atom is 0.273 e. The van der Waals surface area contributed by atoms with E-state index in [0.717, 1.165) is 0 Å². The van der Waals surface area contributed by atoms with Crippen LogP contribution in [-0.2, 0) is 14.6 Å². The predicted octanol–water partition coefficient (Wildman–Crippen LogP) is 2.03. The van der Waals surface area contributed by atoms with E-state index in [9.17, 15) is 23.1 Å². The van der Waals surface area contributed by atoms with E-state index in [-0.39, 0.29) is 35.5 Å². The number of benzene rings is 2. The minimum Gasteiger partial charge on any atom is -0.507 e. The summed E-state index contributed by atoms with van der Waals surface area (Å²) in [5.74, 6) is -0.773. The molecule has 0 saturated carbocycles. The summed E-state index contributed by atoms with van der Waals surface area (Å²) in [6.07, 6.45) is 0.319. The van der Waals surface area contributed by atoms with Gasteiger partial charge < -0.3 is 20.5 Å². The number of sulfone groups is 1. The topological polar surface area (TPSA) is 156 Å². The number of rotatable bonds is 6. The van der Waals surface area contributed by atoms with E-state index >= 15 is 0 Å². The normalized spacial score (nSPS) is 20.7. The number of aromatic nitrogens is 2. The fraction of sp³-hybridized carbons (Fsp3) is 0.261. The molecule has 3 aromatic rings. The van der Waals surface area contributed by atoms with Crippen LogP contribution in [0, 0.1) is 0 Å². The van der Waals surface area contributed by atoms with Crippen LogP contribution in [-0.4, -0.2) is 64.6 Å². The zero-order valence-corrected chi connectivity index (χ0v) is 19.8. The largest absolute Gasteiger partial charge is 0.507 e. The number of hydrogen-bond donors (Lipinski definition) is 3. The number of amides is 2. The van der Waals surface area contributed by atoms with Gasteiger partial charge in [0.15, 0.2) is 16.4 Å². The van der Waals surface area contributed by atoms with Crippen molar-refractivity contribution in [3.63, 3.8) is 0 Å². The minimum atomic E-state index is -3.27. The quantitative estimate of drug-likeness (QED) is 0.452. The van der Waals surface area contributed by atoms with Gasteiger partial charge in [0, 0.05) is 22.2 Å². The Kier molecular flexibility index (Phi) is 5.68. The van der Waals surface area contributed by atoms with E-state index in [1.54, 1.807) is 35.2 Å². The number of hydrogen-bond acceptors (Lipinski definition) is 7. The van der Waals surface area contributed by atoms with Gasteiger partial charge >= 0.3 is 0 Å². The summed E-state index contributed by atoms with van der Waals surface area (Å²) in [4.78, 5) is 26.1. The molecule has 0 aliphatic carbocycles. The molecule has 2 atom stereocenters. The van der Waals surface area contributed by atoms with Crippen LogP contribution in [0.5, 0.6) is 11.5 Å². The maximum absolute atomic E-state index is 13.5. The van der Waals surface area contributed by atoms with Gasteiger partial charge in [-0.15, -0.1) is 0 Å². The molecule has 2 aliphatic heterocycles. The van der Waals surface area contributed by atoms with Gasteiger partial charge in [-0.25, -0.2) is 8.42 Å². The van der Waals surface area contributed by atoms with Gasteiger partial charge in [-0.2, -0.15) is 5.10 Å². The van der Waals surface area contributed by atoms with Crippen LogP contribution in [0.15, 0.2) is 42.5 Å². The number of phenolic OH excluding ortho intramolecular Hbond substituents is 1. The second-order valence-electron chi connectivity index (χ2n) is 8.52. The Hall–Kier alpha value is -3.57. The van der Waals surface area contributed by atoms with E-state index in [1.807, 2.05) is 0 Å². The number of H-pyrrole nitrogens is 1. The van der Waals surface area contributed by atoms with Crippen LogP contribution in [0.2, 0.25) is 5.02 Å². The zero-order valence-electron chi connectivity index (χ0n) is 18.3. The third-order valence-electron chi connectivity index (χ3n) is 6.20. The van der Waals surface area contributed by atoms with Crippen LogP contribution in [0.25, 0.3) is 11.3 Å². The first kappa shape index (κ1) is 23.2. The van der Waals surface area contributed by atoms with Gasteiger partial charge in [0.1, 0.15) is 22.9 Å². The Morgan fingerprint density at radius 3 is 2.66 bits per heavy atom. The second kappa shape index (κ2) is 8.58. The molecule has 12 heteroatoms. The maximum atomic E-state index is 13.5. The first-order valence-electron chi connectivity index (χ1n) is 10.8. The van der Waals surface area contributed by atoms with Gasteiger partial charge in [-0.05, 0) is 42.3 Å². The Morgan fingerprint density at radius 2 is 2.00 bits per heavy atom. The molecule has 4 N–H and O–H groups in total. The Balaban J connectivity index is 1.62. The van der Waals surface area contributed by atoms with E-state index < -0.39 is 27.8 Å². The lowest BCUT2D eigenvalue weighted by atomic mass is 9.95. The minimum absolute atomic E-state index is 0.00217. The number of halogens is 1. The van der Waals surface area contributed by atoms with Gasteiger partial charge in [0.2, 0.25) is 0 Å². The van der Waals surface area contributed by atoms with Crippen LogP contribution in [0.4, 0.5) is 0 Å². The summed E-state index contributed by atoms with van der Waals surface area (Å²) in [5.41, 5.74) is 7.24. The molecule has 0 radical (unpaired) electrons. The van der Waals surface area contributed by atoms with Crippen molar-refractivity contribution in [1.82, 2.24) is 15.1 Å². The van der Waals surface area contributed by atoms with Gasteiger partial charge in [-0.1, -0.05) is 23.7 Å². The molecule has 0 spiro atoms. The lowest BCUT2D eigenvalue weighted by Crippen LogP contribution is -2.40. The molecule has 2 aromatic carbocycles. The number of carbonyl (C=O) groups excluding carboxylic acids is 2. The van der Waals surface area contributed by atoms with Crippen molar-refractivity contribution in [2.24, 2.45) is 5.73 Å². The van der Waals surface area contributed by atoms with Crippen molar-refractivity contribution in [3.8, 4) is 22.8 Å². The number of carbonyl (C=O) groups is 2. The molecule has 2 unspecified atom stereocenters. The Bertz CT molecular complexity index is 1440. The van der Waals surface area contributed by atoms with Crippen molar-refractivity contribution >= 4 is 33.3 Å². The molecule has 5 rings (SSSR count). The number of phenols is 1. The van der Waals surface area contributed by atoms with Crippen molar-refractivity contribution < 1.29 is 27.9 Å². The number of aromatic amines is 1. The van der Waals surface area contributed by atoms with Crippen molar-refractivity contribution in [3.05, 3.63) is 64.3 Å². The van der Waals surface area contributed by atoms with E-state index in [2.05, 4.69) is 10.2 Å². The third-order valence-corrected chi connectivity index (χ3v) is 8.18. The van der Waals surface area contributed by atoms with E-state index in [1.165, 1.54) is 12.1 Å². The van der Waals surface area contributed by atoms with Gasteiger partial charge in [-0.3, -0.25) is 14.7 Å². The average Bonchev–Trinajstić information content (AvgIpc) is 3.47.